The number of nitrogens with one attached hydrogen (secondary N) is 1. The van der Waals surface area contributed by atoms with Crippen LogP contribution in [-0.4, -0.2) is 36.1 Å². The van der Waals surface area contributed by atoms with Crippen molar-refractivity contribution >= 4 is 35.7 Å². The van der Waals surface area contributed by atoms with Gasteiger partial charge in [0, 0.05) is 31.6 Å². The molecule has 4 rings (SSSR count). The minimum absolute atomic E-state index is 0. The number of aromatic nitrogens is 1. The number of nitrogens with zero attached hydrogens (tertiary/aromatic N) is 2. The second kappa shape index (κ2) is 9.00. The first kappa shape index (κ1) is 19.5. The van der Waals surface area contributed by atoms with Crippen molar-refractivity contribution in [2.75, 3.05) is 26.2 Å². The number of rotatable bonds is 3. The van der Waals surface area contributed by atoms with Crippen LogP contribution in [0.25, 0.3) is 10.9 Å². The summed E-state index contributed by atoms with van der Waals surface area (Å²) in [4.78, 5) is 7.70. The molecule has 0 unspecified atom stereocenters. The van der Waals surface area contributed by atoms with Gasteiger partial charge in [-0.1, -0.05) is 37.1 Å². The van der Waals surface area contributed by atoms with Gasteiger partial charge in [0.2, 0.25) is 0 Å². The van der Waals surface area contributed by atoms with Crippen molar-refractivity contribution in [3.63, 3.8) is 0 Å². The van der Waals surface area contributed by atoms with Crippen LogP contribution >= 0.6 is 24.8 Å². The lowest BCUT2D eigenvalue weighted by molar-refractivity contribution is 0.122. The highest BCUT2D eigenvalue weighted by Crippen LogP contribution is 2.39. The molecule has 0 amide bonds. The van der Waals surface area contributed by atoms with Gasteiger partial charge in [-0.3, -0.25) is 9.88 Å². The number of benzene rings is 1. The van der Waals surface area contributed by atoms with Crippen LogP contribution in [0, 0.1) is 5.92 Å². The molecule has 2 aliphatic rings. The number of hydrogen-bond donors (Lipinski definition) is 1. The van der Waals surface area contributed by atoms with Gasteiger partial charge in [0.05, 0.1) is 17.3 Å². The minimum atomic E-state index is 0. The fourth-order valence-corrected chi connectivity index (χ4v) is 4.21. The molecule has 1 aliphatic carbocycles. The summed E-state index contributed by atoms with van der Waals surface area (Å²) < 4.78 is 0. The highest BCUT2D eigenvalue weighted by Gasteiger charge is 2.32. The van der Waals surface area contributed by atoms with Gasteiger partial charge in [-0.15, -0.1) is 24.8 Å². The van der Waals surface area contributed by atoms with E-state index < -0.39 is 0 Å². The molecule has 1 atom stereocenters. The summed E-state index contributed by atoms with van der Waals surface area (Å²) in [5.74, 6) is 0.784. The summed E-state index contributed by atoms with van der Waals surface area (Å²) >= 11 is 0. The van der Waals surface area contributed by atoms with Crippen LogP contribution in [0.1, 0.15) is 37.4 Å². The molecular formula is C19H27Cl2N3. The van der Waals surface area contributed by atoms with Crippen LogP contribution in [0.2, 0.25) is 0 Å². The zero-order valence-electron chi connectivity index (χ0n) is 14.0. The Hall–Kier alpha value is -0.870. The molecule has 1 saturated heterocycles. The van der Waals surface area contributed by atoms with Crippen molar-refractivity contribution in [2.45, 2.75) is 31.7 Å². The molecule has 132 valence electrons. The van der Waals surface area contributed by atoms with Crippen LogP contribution in [0.4, 0.5) is 0 Å². The number of para-hydroxylation sites is 1. The second-order valence-corrected chi connectivity index (χ2v) is 6.70. The lowest BCUT2D eigenvalue weighted by atomic mass is 9.92. The summed E-state index contributed by atoms with van der Waals surface area (Å²) in [6.07, 6.45) is 5.51. The lowest BCUT2D eigenvalue weighted by Gasteiger charge is -2.38. The van der Waals surface area contributed by atoms with Crippen molar-refractivity contribution in [2.24, 2.45) is 5.92 Å². The minimum Gasteiger partial charge on any atom is -0.314 e. The second-order valence-electron chi connectivity index (χ2n) is 6.70. The number of piperazine rings is 1. The van der Waals surface area contributed by atoms with Gasteiger partial charge < -0.3 is 5.32 Å². The predicted octanol–water partition coefficient (Wildman–Crippen LogP) is 4.21. The molecule has 1 aromatic heterocycles. The smallest absolute Gasteiger partial charge is 0.0706 e. The Morgan fingerprint density at radius 3 is 2.42 bits per heavy atom. The average molecular weight is 368 g/mol. The number of pyridine rings is 1. The van der Waals surface area contributed by atoms with Gasteiger partial charge in [0.25, 0.3) is 0 Å². The third kappa shape index (κ3) is 4.02. The summed E-state index contributed by atoms with van der Waals surface area (Å²) in [7, 11) is 0. The Morgan fingerprint density at radius 2 is 1.67 bits per heavy atom. The van der Waals surface area contributed by atoms with Crippen molar-refractivity contribution in [1.82, 2.24) is 15.2 Å². The molecule has 0 bridgehead atoms. The van der Waals surface area contributed by atoms with Crippen molar-refractivity contribution < 1.29 is 0 Å². The third-order valence-corrected chi connectivity index (χ3v) is 5.31. The van der Waals surface area contributed by atoms with E-state index in [2.05, 4.69) is 46.6 Å². The molecule has 0 radical (unpaired) electrons. The number of halogens is 2. The van der Waals surface area contributed by atoms with Crippen LogP contribution in [0.3, 0.4) is 0 Å². The maximum absolute atomic E-state index is 5.03. The first-order chi connectivity index (χ1) is 10.9. The van der Waals surface area contributed by atoms with E-state index in [0.29, 0.717) is 6.04 Å². The van der Waals surface area contributed by atoms with Crippen LogP contribution in [0.15, 0.2) is 36.4 Å². The molecule has 1 aromatic carbocycles. The highest BCUT2D eigenvalue weighted by atomic mass is 35.5. The van der Waals surface area contributed by atoms with E-state index in [0.717, 1.165) is 37.6 Å². The predicted molar refractivity (Wildman–Crippen MR) is 105 cm³/mol. The van der Waals surface area contributed by atoms with Gasteiger partial charge in [-0.05, 0) is 30.9 Å². The molecular weight excluding hydrogens is 341 g/mol. The normalized spacial score (nSPS) is 20.3. The average Bonchev–Trinajstić information content (AvgIpc) is 3.10. The van der Waals surface area contributed by atoms with Crippen LogP contribution < -0.4 is 5.32 Å². The van der Waals surface area contributed by atoms with Crippen molar-refractivity contribution in [1.29, 1.82) is 0 Å². The first-order valence-corrected chi connectivity index (χ1v) is 8.72. The summed E-state index contributed by atoms with van der Waals surface area (Å²) in [5.41, 5.74) is 2.42. The monoisotopic (exact) mass is 367 g/mol. The van der Waals surface area contributed by atoms with Gasteiger partial charge >= 0.3 is 0 Å². The van der Waals surface area contributed by atoms with Gasteiger partial charge in [-0.25, -0.2) is 0 Å². The SMILES string of the molecule is Cl.Cl.c1ccc2nc([C@H](C3CCCC3)N3CCNCC3)ccc2c1. The lowest BCUT2D eigenvalue weighted by Crippen LogP contribution is -2.46. The number of hydrogen-bond acceptors (Lipinski definition) is 3. The zero-order valence-corrected chi connectivity index (χ0v) is 15.6. The van der Waals surface area contributed by atoms with E-state index in [1.165, 1.54) is 36.8 Å². The summed E-state index contributed by atoms with van der Waals surface area (Å²) in [5, 5.41) is 4.73. The molecule has 2 aromatic rings. The molecule has 3 nitrogen and oxygen atoms in total. The zero-order chi connectivity index (χ0) is 14.8. The van der Waals surface area contributed by atoms with Crippen LogP contribution in [-0.2, 0) is 0 Å². The van der Waals surface area contributed by atoms with E-state index in [1.54, 1.807) is 0 Å². The summed E-state index contributed by atoms with van der Waals surface area (Å²) in [6, 6.07) is 13.5. The molecule has 1 saturated carbocycles. The van der Waals surface area contributed by atoms with E-state index in [9.17, 15) is 0 Å². The Bertz CT molecular complexity index is 637. The molecule has 2 fully saturated rings. The maximum atomic E-state index is 5.03. The molecule has 0 spiro atoms. The quantitative estimate of drug-likeness (QED) is 0.880. The first-order valence-electron chi connectivity index (χ1n) is 8.72. The Kier molecular flexibility index (Phi) is 7.30. The highest BCUT2D eigenvalue weighted by molar-refractivity contribution is 5.85. The van der Waals surface area contributed by atoms with E-state index in [-0.39, 0.29) is 24.8 Å². The number of fused-ring (bicyclic) bond motifs is 1. The van der Waals surface area contributed by atoms with E-state index in [1.807, 2.05) is 0 Å². The Morgan fingerprint density at radius 1 is 0.958 bits per heavy atom. The van der Waals surface area contributed by atoms with Crippen molar-refractivity contribution in [3.05, 3.63) is 42.1 Å². The molecule has 2 heterocycles. The molecule has 1 aliphatic heterocycles. The molecule has 5 heteroatoms. The largest absolute Gasteiger partial charge is 0.314 e. The molecule has 24 heavy (non-hydrogen) atoms. The Labute approximate surface area is 157 Å². The standard InChI is InChI=1S/C19H25N3.2ClH/c1-2-7-16(6-1)19(22-13-11-20-12-14-22)18-10-9-15-5-3-4-8-17(15)21-18;;/h3-5,8-10,16,19-20H,1-2,6-7,11-14H2;2*1H/t19-;;/m0../s1. The van der Waals surface area contributed by atoms with Gasteiger partial charge in [0.15, 0.2) is 0 Å². The molecule has 1 N–H and O–H groups in total. The summed E-state index contributed by atoms with van der Waals surface area (Å²) in [6.45, 7) is 4.51. The third-order valence-electron chi connectivity index (χ3n) is 5.31. The fraction of sp³-hybridized carbons (Fsp3) is 0.526. The topological polar surface area (TPSA) is 28.2 Å². The Balaban J connectivity index is 0.00000104. The maximum Gasteiger partial charge on any atom is 0.0706 e. The van der Waals surface area contributed by atoms with Gasteiger partial charge in [0.1, 0.15) is 0 Å². The fourth-order valence-electron chi connectivity index (χ4n) is 4.21. The van der Waals surface area contributed by atoms with Gasteiger partial charge in [-0.2, -0.15) is 0 Å². The van der Waals surface area contributed by atoms with E-state index >= 15 is 0 Å². The van der Waals surface area contributed by atoms with Crippen molar-refractivity contribution in [3.8, 4) is 0 Å². The van der Waals surface area contributed by atoms with Crippen LogP contribution in [0.5, 0.6) is 0 Å². The van der Waals surface area contributed by atoms with E-state index in [4.69, 9.17) is 4.98 Å².